The number of aryl methyl sites for hydroxylation is 2. The third-order valence-electron chi connectivity index (χ3n) is 5.46. The first-order valence-electron chi connectivity index (χ1n) is 10.4. The van der Waals surface area contributed by atoms with Crippen molar-refractivity contribution in [2.45, 2.75) is 31.1 Å². The lowest BCUT2D eigenvalue weighted by Crippen LogP contribution is -2.16. The van der Waals surface area contributed by atoms with E-state index >= 15 is 0 Å². The van der Waals surface area contributed by atoms with Gasteiger partial charge in [0.05, 0.1) is 17.3 Å². The van der Waals surface area contributed by atoms with Gasteiger partial charge < -0.3 is 14.0 Å². The molecule has 1 aliphatic heterocycles. The Hall–Kier alpha value is -3.06. The van der Waals surface area contributed by atoms with Gasteiger partial charge in [-0.2, -0.15) is 0 Å². The Morgan fingerprint density at radius 3 is 2.58 bits per heavy atom. The van der Waals surface area contributed by atoms with E-state index in [2.05, 4.69) is 0 Å². The molecule has 0 fully saturated rings. The second-order valence-corrected chi connectivity index (χ2v) is 9.86. The van der Waals surface area contributed by atoms with Crippen molar-refractivity contribution < 1.29 is 17.9 Å². The topological polar surface area (TPSA) is 74.6 Å². The van der Waals surface area contributed by atoms with E-state index in [0.29, 0.717) is 29.2 Å². The predicted octanol–water partition coefficient (Wildman–Crippen LogP) is 4.35. The molecule has 1 aromatic heterocycles. The van der Waals surface area contributed by atoms with E-state index in [9.17, 15) is 13.2 Å². The summed E-state index contributed by atoms with van der Waals surface area (Å²) in [6, 6.07) is 14.1. The third kappa shape index (κ3) is 4.37. The molecule has 0 aliphatic carbocycles. The Balaban J connectivity index is 1.98. The minimum Gasteiger partial charge on any atom is -0.493 e. The number of sulfone groups is 1. The first kappa shape index (κ1) is 21.2. The van der Waals surface area contributed by atoms with Crippen LogP contribution in [-0.4, -0.2) is 25.3 Å². The van der Waals surface area contributed by atoms with Crippen LogP contribution in [-0.2, 0) is 23.3 Å². The van der Waals surface area contributed by atoms with Crippen LogP contribution in [0, 0.1) is 0 Å². The molecule has 0 bridgehead atoms. The van der Waals surface area contributed by atoms with E-state index < -0.39 is 9.84 Å². The standard InChI is InChI=1S/C24H25NO5S/c1-3-31(27,28)18-11-12-22-19(14-18)20-16-25(2)24(26)15-23(20)29-13-7-6-9-17-8-4-5-10-21(17)30-22/h4-5,8,10-12,14-16H,3,6-7,9,13H2,1-2H3. The highest BCUT2D eigenvalue weighted by Crippen LogP contribution is 2.40. The highest BCUT2D eigenvalue weighted by molar-refractivity contribution is 7.91. The molecule has 162 valence electrons. The molecule has 0 unspecified atom stereocenters. The molecule has 6 nitrogen and oxygen atoms in total. The smallest absolute Gasteiger partial charge is 0.254 e. The third-order valence-corrected chi connectivity index (χ3v) is 7.19. The Kier molecular flexibility index (Phi) is 5.87. The molecule has 3 aromatic rings. The summed E-state index contributed by atoms with van der Waals surface area (Å²) >= 11 is 0. The van der Waals surface area contributed by atoms with Crippen molar-refractivity contribution in [1.29, 1.82) is 0 Å². The largest absolute Gasteiger partial charge is 0.493 e. The molecule has 0 amide bonds. The van der Waals surface area contributed by atoms with Crippen LogP contribution >= 0.6 is 0 Å². The number of fused-ring (bicyclic) bond motifs is 4. The Morgan fingerprint density at radius 1 is 0.968 bits per heavy atom. The molecule has 2 aromatic carbocycles. The lowest BCUT2D eigenvalue weighted by atomic mass is 10.0. The molecule has 7 heteroatoms. The molecule has 0 N–H and O–H groups in total. The van der Waals surface area contributed by atoms with Crippen molar-refractivity contribution >= 4 is 9.84 Å². The van der Waals surface area contributed by atoms with Crippen LogP contribution in [0.25, 0.3) is 11.1 Å². The number of pyridine rings is 1. The van der Waals surface area contributed by atoms with Crippen LogP contribution in [0.4, 0.5) is 0 Å². The van der Waals surface area contributed by atoms with E-state index in [1.54, 1.807) is 38.4 Å². The second-order valence-electron chi connectivity index (χ2n) is 7.58. The van der Waals surface area contributed by atoms with Crippen LogP contribution in [0.5, 0.6) is 17.2 Å². The molecule has 0 atom stereocenters. The molecule has 0 spiro atoms. The van der Waals surface area contributed by atoms with Crippen LogP contribution < -0.4 is 15.0 Å². The van der Waals surface area contributed by atoms with Gasteiger partial charge in [-0.15, -0.1) is 0 Å². The molecule has 4 rings (SSSR count). The molecule has 0 saturated heterocycles. The fourth-order valence-electron chi connectivity index (χ4n) is 3.63. The van der Waals surface area contributed by atoms with Crippen LogP contribution in [0.2, 0.25) is 0 Å². The highest BCUT2D eigenvalue weighted by atomic mass is 32.2. The maximum atomic E-state index is 12.6. The van der Waals surface area contributed by atoms with Gasteiger partial charge in [-0.1, -0.05) is 25.1 Å². The minimum absolute atomic E-state index is 0.00783. The van der Waals surface area contributed by atoms with Gasteiger partial charge in [0.15, 0.2) is 9.84 Å². The van der Waals surface area contributed by atoms with Gasteiger partial charge in [0.2, 0.25) is 0 Å². The van der Waals surface area contributed by atoms with Crippen molar-refractivity contribution in [3.05, 3.63) is 70.6 Å². The van der Waals surface area contributed by atoms with Crippen LogP contribution in [0.15, 0.2) is 64.4 Å². The van der Waals surface area contributed by atoms with Crippen molar-refractivity contribution in [1.82, 2.24) is 4.57 Å². The maximum Gasteiger partial charge on any atom is 0.254 e. The summed E-state index contributed by atoms with van der Waals surface area (Å²) in [4.78, 5) is 12.5. The minimum atomic E-state index is -3.43. The quantitative estimate of drug-likeness (QED) is 0.593. The summed E-state index contributed by atoms with van der Waals surface area (Å²) in [6.45, 7) is 2.08. The van der Waals surface area contributed by atoms with E-state index in [-0.39, 0.29) is 16.2 Å². The van der Waals surface area contributed by atoms with Gasteiger partial charge in [0.1, 0.15) is 17.2 Å². The molecule has 31 heavy (non-hydrogen) atoms. The van der Waals surface area contributed by atoms with Gasteiger partial charge in [0, 0.05) is 30.4 Å². The van der Waals surface area contributed by atoms with Gasteiger partial charge in [0.25, 0.3) is 5.56 Å². The Labute approximate surface area is 182 Å². The number of hydrogen-bond donors (Lipinski definition) is 0. The number of para-hydroxylation sites is 1. The molecular weight excluding hydrogens is 414 g/mol. The normalized spacial score (nSPS) is 14.0. The number of aromatic nitrogens is 1. The molecule has 0 saturated carbocycles. The monoisotopic (exact) mass is 439 g/mol. The van der Waals surface area contributed by atoms with Crippen molar-refractivity contribution in [2.75, 3.05) is 12.4 Å². The average Bonchev–Trinajstić information content (AvgIpc) is 2.76. The summed E-state index contributed by atoms with van der Waals surface area (Å²) in [5, 5.41) is 0. The van der Waals surface area contributed by atoms with Gasteiger partial charge in [-0.25, -0.2) is 8.42 Å². The Bertz CT molecular complexity index is 1280. The van der Waals surface area contributed by atoms with Gasteiger partial charge >= 0.3 is 0 Å². The number of hydrogen-bond acceptors (Lipinski definition) is 5. The number of benzene rings is 2. The second kappa shape index (κ2) is 8.59. The Morgan fingerprint density at radius 2 is 1.77 bits per heavy atom. The number of rotatable bonds is 2. The van der Waals surface area contributed by atoms with E-state index in [1.165, 1.54) is 10.6 Å². The zero-order chi connectivity index (χ0) is 22.0. The first-order chi connectivity index (χ1) is 14.9. The lowest BCUT2D eigenvalue weighted by Gasteiger charge is -2.19. The molecular formula is C24H25NO5S. The summed E-state index contributed by atoms with van der Waals surface area (Å²) in [5.74, 6) is 1.66. The zero-order valence-electron chi connectivity index (χ0n) is 17.6. The summed E-state index contributed by atoms with van der Waals surface area (Å²) in [5.41, 5.74) is 2.06. The number of ether oxygens (including phenoxy) is 2. The molecule has 2 heterocycles. The van der Waals surface area contributed by atoms with Gasteiger partial charge in [-0.05, 0) is 49.1 Å². The fourth-order valence-corrected chi connectivity index (χ4v) is 4.54. The lowest BCUT2D eigenvalue weighted by molar-refractivity contribution is 0.306. The van der Waals surface area contributed by atoms with Crippen molar-refractivity contribution in [2.24, 2.45) is 7.05 Å². The zero-order valence-corrected chi connectivity index (χ0v) is 18.4. The SMILES string of the molecule is CCS(=O)(=O)c1ccc2c(c1)-c1cn(C)c(=O)cc1OCCCCc1ccccc1O2. The highest BCUT2D eigenvalue weighted by Gasteiger charge is 2.20. The predicted molar refractivity (Wildman–Crippen MR) is 120 cm³/mol. The van der Waals surface area contributed by atoms with E-state index in [0.717, 1.165) is 30.6 Å². The van der Waals surface area contributed by atoms with E-state index in [4.69, 9.17) is 9.47 Å². The molecule has 1 aliphatic rings. The summed E-state index contributed by atoms with van der Waals surface area (Å²) in [7, 11) is -1.77. The molecule has 0 radical (unpaired) electrons. The first-order valence-corrected chi connectivity index (χ1v) is 12.0. The summed E-state index contributed by atoms with van der Waals surface area (Å²) in [6.07, 6.45) is 4.24. The van der Waals surface area contributed by atoms with Gasteiger partial charge in [-0.3, -0.25) is 4.79 Å². The van der Waals surface area contributed by atoms with Crippen LogP contribution in [0.1, 0.15) is 25.3 Å². The average molecular weight is 440 g/mol. The van der Waals surface area contributed by atoms with Crippen molar-refractivity contribution in [3.63, 3.8) is 0 Å². The fraction of sp³-hybridized carbons (Fsp3) is 0.292. The number of nitrogens with zero attached hydrogens (tertiary/aromatic N) is 1. The summed E-state index contributed by atoms with van der Waals surface area (Å²) < 4.78 is 38.9. The van der Waals surface area contributed by atoms with Crippen LogP contribution in [0.3, 0.4) is 0 Å². The maximum absolute atomic E-state index is 12.6. The van der Waals surface area contributed by atoms with E-state index in [1.807, 2.05) is 24.3 Å². The van der Waals surface area contributed by atoms with Crippen molar-refractivity contribution in [3.8, 4) is 28.4 Å².